The minimum absolute atomic E-state index is 0.0284. The Balaban J connectivity index is 2.57. The molecule has 104 valence electrons. The summed E-state index contributed by atoms with van der Waals surface area (Å²) in [4.78, 5) is 16.8. The van der Waals surface area contributed by atoms with Crippen LogP contribution < -0.4 is 5.49 Å². The van der Waals surface area contributed by atoms with E-state index in [2.05, 4.69) is 4.99 Å². The van der Waals surface area contributed by atoms with E-state index in [0.29, 0.717) is 10.5 Å². The molecular formula is C15H14ClFN2O. The molecule has 0 amide bonds. The molecule has 0 spiro atoms. The van der Waals surface area contributed by atoms with Crippen molar-refractivity contribution in [2.75, 3.05) is 0 Å². The molecule has 0 saturated carbocycles. The zero-order valence-corrected chi connectivity index (χ0v) is 11.9. The van der Waals surface area contributed by atoms with Gasteiger partial charge in [0.1, 0.15) is 11.3 Å². The van der Waals surface area contributed by atoms with Gasteiger partial charge in [-0.25, -0.2) is 4.39 Å². The average molecular weight is 293 g/mol. The summed E-state index contributed by atoms with van der Waals surface area (Å²) in [6.45, 7) is 3.81. The second-order valence-electron chi connectivity index (χ2n) is 4.58. The fourth-order valence-electron chi connectivity index (χ4n) is 1.77. The SMILES string of the molecule is CC(C)N=c1ccccn1C(=O)c1cc(Cl)ccc1F. The van der Waals surface area contributed by atoms with E-state index in [1.807, 2.05) is 13.8 Å². The highest BCUT2D eigenvalue weighted by Crippen LogP contribution is 2.15. The molecule has 0 saturated heterocycles. The molecule has 2 aromatic rings. The maximum Gasteiger partial charge on any atom is 0.266 e. The van der Waals surface area contributed by atoms with Crippen LogP contribution in [0.1, 0.15) is 24.2 Å². The highest BCUT2D eigenvalue weighted by Gasteiger charge is 2.14. The first-order valence-electron chi connectivity index (χ1n) is 6.20. The molecule has 0 N–H and O–H groups in total. The largest absolute Gasteiger partial charge is 0.268 e. The summed E-state index contributed by atoms with van der Waals surface area (Å²) in [5, 5.41) is 0.314. The van der Waals surface area contributed by atoms with E-state index in [-0.39, 0.29) is 11.6 Å². The first-order valence-corrected chi connectivity index (χ1v) is 6.58. The van der Waals surface area contributed by atoms with E-state index < -0.39 is 11.7 Å². The van der Waals surface area contributed by atoms with Crippen LogP contribution in [0, 0.1) is 5.82 Å². The van der Waals surface area contributed by atoms with Gasteiger partial charge in [0.25, 0.3) is 5.91 Å². The van der Waals surface area contributed by atoms with Crippen LogP contribution in [0.5, 0.6) is 0 Å². The van der Waals surface area contributed by atoms with Crippen molar-refractivity contribution in [2.45, 2.75) is 19.9 Å². The summed E-state index contributed by atoms with van der Waals surface area (Å²) >= 11 is 5.82. The summed E-state index contributed by atoms with van der Waals surface area (Å²) in [5.41, 5.74) is 0.404. The highest BCUT2D eigenvalue weighted by atomic mass is 35.5. The topological polar surface area (TPSA) is 34.4 Å². The number of aromatic nitrogens is 1. The number of carbonyl (C=O) groups is 1. The van der Waals surface area contributed by atoms with E-state index in [1.165, 1.54) is 22.8 Å². The zero-order chi connectivity index (χ0) is 14.7. The average Bonchev–Trinajstić information content (AvgIpc) is 2.41. The second-order valence-corrected chi connectivity index (χ2v) is 5.02. The Morgan fingerprint density at radius 1 is 1.30 bits per heavy atom. The van der Waals surface area contributed by atoms with Gasteiger partial charge in [0.05, 0.1) is 5.56 Å². The van der Waals surface area contributed by atoms with E-state index >= 15 is 0 Å². The fraction of sp³-hybridized carbons (Fsp3) is 0.200. The molecule has 1 aromatic carbocycles. The first kappa shape index (κ1) is 14.5. The summed E-state index contributed by atoms with van der Waals surface area (Å²) in [6.07, 6.45) is 1.56. The zero-order valence-electron chi connectivity index (χ0n) is 11.2. The molecule has 0 atom stereocenters. The molecule has 20 heavy (non-hydrogen) atoms. The number of halogens is 2. The maximum atomic E-state index is 13.8. The Bertz CT molecular complexity index is 707. The van der Waals surface area contributed by atoms with Crippen LogP contribution in [-0.4, -0.2) is 16.5 Å². The molecule has 1 aromatic heterocycles. The van der Waals surface area contributed by atoms with Crippen LogP contribution in [0.2, 0.25) is 5.02 Å². The van der Waals surface area contributed by atoms with Crippen molar-refractivity contribution in [1.82, 2.24) is 4.57 Å². The molecule has 0 bridgehead atoms. The van der Waals surface area contributed by atoms with Gasteiger partial charge in [-0.05, 0) is 44.2 Å². The third kappa shape index (κ3) is 3.14. The molecule has 3 nitrogen and oxygen atoms in total. The molecule has 0 fully saturated rings. The third-order valence-electron chi connectivity index (χ3n) is 2.61. The van der Waals surface area contributed by atoms with Crippen molar-refractivity contribution in [2.24, 2.45) is 4.99 Å². The molecule has 5 heteroatoms. The number of pyridine rings is 1. The lowest BCUT2D eigenvalue weighted by molar-refractivity contribution is 0.0950. The van der Waals surface area contributed by atoms with Crippen LogP contribution in [0.25, 0.3) is 0 Å². The van der Waals surface area contributed by atoms with Crippen molar-refractivity contribution >= 4 is 17.5 Å². The van der Waals surface area contributed by atoms with Crippen molar-refractivity contribution < 1.29 is 9.18 Å². The van der Waals surface area contributed by atoms with E-state index in [4.69, 9.17) is 11.6 Å². The van der Waals surface area contributed by atoms with E-state index in [0.717, 1.165) is 0 Å². The minimum Gasteiger partial charge on any atom is -0.268 e. The Hall–Kier alpha value is -1.94. The minimum atomic E-state index is -0.605. The van der Waals surface area contributed by atoms with Crippen molar-refractivity contribution in [3.8, 4) is 0 Å². The lowest BCUT2D eigenvalue weighted by Gasteiger charge is -2.08. The fourth-order valence-corrected chi connectivity index (χ4v) is 1.94. The second kappa shape index (κ2) is 6.01. The number of nitrogens with zero attached hydrogens (tertiary/aromatic N) is 2. The van der Waals surface area contributed by atoms with Gasteiger partial charge in [0, 0.05) is 17.3 Å². The predicted octanol–water partition coefficient (Wildman–Crippen LogP) is 3.28. The molecule has 2 rings (SSSR count). The summed E-state index contributed by atoms with van der Waals surface area (Å²) in [5.74, 6) is -1.10. The molecule has 0 aliphatic heterocycles. The summed E-state index contributed by atoms with van der Waals surface area (Å²) in [7, 11) is 0. The Kier molecular flexibility index (Phi) is 4.35. The number of hydrogen-bond acceptors (Lipinski definition) is 2. The van der Waals surface area contributed by atoms with E-state index in [9.17, 15) is 9.18 Å². The molecule has 0 aliphatic carbocycles. The monoisotopic (exact) mass is 292 g/mol. The lowest BCUT2D eigenvalue weighted by atomic mass is 10.2. The lowest BCUT2D eigenvalue weighted by Crippen LogP contribution is -2.28. The van der Waals surface area contributed by atoms with Gasteiger partial charge in [-0.15, -0.1) is 0 Å². The summed E-state index contributed by atoms with van der Waals surface area (Å²) < 4.78 is 15.1. The normalized spacial score (nSPS) is 11.9. The first-order chi connectivity index (χ1) is 9.49. The van der Waals surface area contributed by atoms with Crippen LogP contribution in [0.4, 0.5) is 4.39 Å². The van der Waals surface area contributed by atoms with Crippen LogP contribution >= 0.6 is 11.6 Å². The van der Waals surface area contributed by atoms with Gasteiger partial charge in [-0.1, -0.05) is 17.7 Å². The van der Waals surface area contributed by atoms with Gasteiger partial charge in [0.2, 0.25) is 0 Å². The van der Waals surface area contributed by atoms with Gasteiger partial charge in [-0.3, -0.25) is 14.4 Å². The number of benzene rings is 1. The summed E-state index contributed by atoms with van der Waals surface area (Å²) in [6, 6.07) is 9.11. The van der Waals surface area contributed by atoms with Crippen LogP contribution in [0.15, 0.2) is 47.6 Å². The number of carbonyl (C=O) groups excluding carboxylic acids is 1. The van der Waals surface area contributed by atoms with Crippen molar-refractivity contribution in [3.63, 3.8) is 0 Å². The quantitative estimate of drug-likeness (QED) is 0.836. The van der Waals surface area contributed by atoms with Crippen LogP contribution in [-0.2, 0) is 0 Å². The molecule has 0 aliphatic rings. The Morgan fingerprint density at radius 2 is 2.05 bits per heavy atom. The van der Waals surface area contributed by atoms with Gasteiger partial charge >= 0.3 is 0 Å². The van der Waals surface area contributed by atoms with Gasteiger partial charge < -0.3 is 0 Å². The Labute approximate surface area is 121 Å². The third-order valence-corrected chi connectivity index (χ3v) is 2.84. The van der Waals surface area contributed by atoms with E-state index in [1.54, 1.807) is 24.4 Å². The standard InChI is InChI=1S/C15H14ClFN2O/c1-10(2)18-14-5-3-4-8-19(14)15(20)12-9-11(16)6-7-13(12)17/h3-10H,1-2H3. The van der Waals surface area contributed by atoms with Gasteiger partial charge in [0.15, 0.2) is 0 Å². The van der Waals surface area contributed by atoms with Crippen molar-refractivity contribution in [1.29, 1.82) is 0 Å². The molecule has 1 heterocycles. The Morgan fingerprint density at radius 3 is 2.75 bits per heavy atom. The number of rotatable bonds is 2. The molecule has 0 unspecified atom stereocenters. The maximum absolute atomic E-state index is 13.8. The van der Waals surface area contributed by atoms with Gasteiger partial charge in [-0.2, -0.15) is 0 Å². The van der Waals surface area contributed by atoms with Crippen LogP contribution in [0.3, 0.4) is 0 Å². The smallest absolute Gasteiger partial charge is 0.266 e. The number of hydrogen-bond donors (Lipinski definition) is 0. The predicted molar refractivity (Wildman–Crippen MR) is 76.3 cm³/mol. The molecular weight excluding hydrogens is 279 g/mol. The highest BCUT2D eigenvalue weighted by molar-refractivity contribution is 6.31. The van der Waals surface area contributed by atoms with Crippen molar-refractivity contribution in [3.05, 3.63) is 64.5 Å². The molecule has 0 radical (unpaired) electrons.